The van der Waals surface area contributed by atoms with Gasteiger partial charge < -0.3 is 15.5 Å². The molecular formula is C15H11ClF3NO3. The highest BCUT2D eigenvalue weighted by atomic mass is 35.5. The Morgan fingerprint density at radius 2 is 1.78 bits per heavy atom. The van der Waals surface area contributed by atoms with E-state index in [1.165, 1.54) is 30.3 Å². The average molecular weight is 346 g/mol. The quantitative estimate of drug-likeness (QED) is 0.744. The number of hydrogen-bond acceptors (Lipinski definition) is 3. The molecule has 3 N–H and O–H groups in total. The highest BCUT2D eigenvalue weighted by Crippen LogP contribution is 2.36. The largest absolute Gasteiger partial charge is 0.418 e. The Morgan fingerprint density at radius 3 is 2.39 bits per heavy atom. The third-order valence-corrected chi connectivity index (χ3v) is 3.25. The first-order valence-corrected chi connectivity index (χ1v) is 6.71. The van der Waals surface area contributed by atoms with Gasteiger partial charge in [-0.3, -0.25) is 4.79 Å². The summed E-state index contributed by atoms with van der Waals surface area (Å²) >= 11 is 5.56. The van der Waals surface area contributed by atoms with E-state index in [0.717, 1.165) is 6.07 Å². The van der Waals surface area contributed by atoms with Crippen molar-refractivity contribution in [1.29, 1.82) is 0 Å². The number of rotatable bonds is 3. The van der Waals surface area contributed by atoms with Crippen molar-refractivity contribution in [3.05, 3.63) is 64.2 Å². The van der Waals surface area contributed by atoms with Crippen LogP contribution in [-0.2, 0) is 6.18 Å². The summed E-state index contributed by atoms with van der Waals surface area (Å²) in [5, 5.41) is 20.4. The predicted octanol–water partition coefficient (Wildman–Crippen LogP) is 3.59. The number of benzene rings is 2. The number of carbonyl (C=O) groups is 1. The fourth-order valence-corrected chi connectivity index (χ4v) is 2.15. The molecule has 0 aliphatic carbocycles. The third kappa shape index (κ3) is 4.01. The topological polar surface area (TPSA) is 69.6 Å². The molecule has 2 rings (SSSR count). The van der Waals surface area contributed by atoms with Crippen LogP contribution >= 0.6 is 11.6 Å². The van der Waals surface area contributed by atoms with E-state index in [9.17, 15) is 28.2 Å². The predicted molar refractivity (Wildman–Crippen MR) is 78.0 cm³/mol. The van der Waals surface area contributed by atoms with Gasteiger partial charge in [0.1, 0.15) is 0 Å². The standard InChI is InChI=1S/C15H11ClF3NO3/c16-8-5-6-12(11(7-8)15(17,18)19)20-13(21)9-3-1-2-4-10(9)14(22)23/h1-7,14,22-23H,(H,20,21). The SMILES string of the molecule is O=C(Nc1ccc(Cl)cc1C(F)(F)F)c1ccccc1C(O)O. The average Bonchev–Trinajstić information content (AvgIpc) is 2.48. The van der Waals surface area contributed by atoms with Gasteiger partial charge in [-0.2, -0.15) is 13.2 Å². The molecule has 0 radical (unpaired) electrons. The van der Waals surface area contributed by atoms with Crippen LogP contribution in [0.3, 0.4) is 0 Å². The first kappa shape index (κ1) is 17.3. The first-order chi connectivity index (χ1) is 10.7. The Labute approximate surface area is 134 Å². The van der Waals surface area contributed by atoms with Crippen LogP contribution in [0.2, 0.25) is 5.02 Å². The second kappa shape index (κ2) is 6.57. The molecule has 0 saturated heterocycles. The molecule has 0 aliphatic heterocycles. The zero-order chi connectivity index (χ0) is 17.2. The summed E-state index contributed by atoms with van der Waals surface area (Å²) in [5.41, 5.74) is -1.84. The van der Waals surface area contributed by atoms with Crippen molar-refractivity contribution in [2.24, 2.45) is 0 Å². The molecule has 1 amide bonds. The molecule has 23 heavy (non-hydrogen) atoms. The summed E-state index contributed by atoms with van der Waals surface area (Å²) in [6.07, 6.45) is -6.63. The zero-order valence-electron chi connectivity index (χ0n) is 11.4. The van der Waals surface area contributed by atoms with E-state index in [1.54, 1.807) is 0 Å². The van der Waals surface area contributed by atoms with Gasteiger partial charge >= 0.3 is 6.18 Å². The highest BCUT2D eigenvalue weighted by Gasteiger charge is 2.34. The lowest BCUT2D eigenvalue weighted by Gasteiger charge is -2.15. The molecule has 2 aromatic carbocycles. The molecule has 0 bridgehead atoms. The van der Waals surface area contributed by atoms with E-state index in [2.05, 4.69) is 5.32 Å². The summed E-state index contributed by atoms with van der Waals surface area (Å²) in [7, 11) is 0. The number of halogens is 4. The number of carbonyl (C=O) groups excluding carboxylic acids is 1. The van der Waals surface area contributed by atoms with Crippen LogP contribution < -0.4 is 5.32 Å². The van der Waals surface area contributed by atoms with Crippen molar-refractivity contribution in [2.45, 2.75) is 12.5 Å². The minimum absolute atomic E-state index is 0.118. The molecule has 0 fully saturated rings. The van der Waals surface area contributed by atoms with Crippen LogP contribution in [0.15, 0.2) is 42.5 Å². The first-order valence-electron chi connectivity index (χ1n) is 6.33. The van der Waals surface area contributed by atoms with Gasteiger partial charge in [-0.1, -0.05) is 29.8 Å². The molecule has 0 saturated carbocycles. The van der Waals surface area contributed by atoms with Gasteiger partial charge in [0.05, 0.1) is 11.3 Å². The van der Waals surface area contributed by atoms with Crippen molar-refractivity contribution in [3.63, 3.8) is 0 Å². The van der Waals surface area contributed by atoms with Crippen LogP contribution in [0.25, 0.3) is 0 Å². The second-order valence-corrected chi connectivity index (χ2v) is 5.04. The fourth-order valence-electron chi connectivity index (χ4n) is 1.98. The molecule has 0 unspecified atom stereocenters. The Morgan fingerprint density at radius 1 is 1.13 bits per heavy atom. The molecule has 8 heteroatoms. The van der Waals surface area contributed by atoms with Gasteiger partial charge in [0.25, 0.3) is 5.91 Å². The number of alkyl halides is 3. The Balaban J connectivity index is 2.39. The molecule has 0 heterocycles. The lowest BCUT2D eigenvalue weighted by molar-refractivity contribution is -0.136. The molecule has 4 nitrogen and oxygen atoms in total. The number of anilines is 1. The Bertz CT molecular complexity index is 732. The molecule has 0 spiro atoms. The van der Waals surface area contributed by atoms with Gasteiger partial charge in [-0.05, 0) is 24.3 Å². The number of nitrogens with one attached hydrogen (secondary N) is 1. The van der Waals surface area contributed by atoms with Crippen molar-refractivity contribution in [1.82, 2.24) is 0 Å². The summed E-state index contributed by atoms with van der Waals surface area (Å²) in [6, 6.07) is 8.41. The minimum Gasteiger partial charge on any atom is -0.364 e. The number of hydrogen-bond donors (Lipinski definition) is 3. The van der Waals surface area contributed by atoms with E-state index >= 15 is 0 Å². The summed E-state index contributed by atoms with van der Waals surface area (Å²) in [4.78, 5) is 12.2. The monoisotopic (exact) mass is 345 g/mol. The van der Waals surface area contributed by atoms with E-state index in [-0.39, 0.29) is 16.1 Å². The van der Waals surface area contributed by atoms with Gasteiger partial charge in [-0.15, -0.1) is 0 Å². The Hall–Kier alpha value is -2.09. The Kier molecular flexibility index (Phi) is 4.93. The van der Waals surface area contributed by atoms with E-state index in [4.69, 9.17) is 11.6 Å². The van der Waals surface area contributed by atoms with E-state index in [0.29, 0.717) is 6.07 Å². The number of amides is 1. The summed E-state index contributed by atoms with van der Waals surface area (Å²) < 4.78 is 39.0. The maximum Gasteiger partial charge on any atom is 0.418 e. The van der Waals surface area contributed by atoms with Crippen molar-refractivity contribution < 1.29 is 28.2 Å². The van der Waals surface area contributed by atoms with Crippen molar-refractivity contribution >= 4 is 23.2 Å². The van der Waals surface area contributed by atoms with Crippen LogP contribution in [0.5, 0.6) is 0 Å². The maximum atomic E-state index is 13.0. The minimum atomic E-state index is -4.70. The van der Waals surface area contributed by atoms with Gasteiger partial charge in [-0.25, -0.2) is 0 Å². The smallest absolute Gasteiger partial charge is 0.364 e. The lowest BCUT2D eigenvalue weighted by atomic mass is 10.1. The van der Waals surface area contributed by atoms with Gasteiger partial charge in [0.15, 0.2) is 6.29 Å². The van der Waals surface area contributed by atoms with Crippen molar-refractivity contribution in [2.75, 3.05) is 5.32 Å². The normalized spacial score (nSPS) is 11.6. The molecular weight excluding hydrogens is 335 g/mol. The maximum absolute atomic E-state index is 13.0. The van der Waals surface area contributed by atoms with E-state index in [1.807, 2.05) is 0 Å². The number of aliphatic hydroxyl groups is 2. The summed E-state index contributed by atoms with van der Waals surface area (Å²) in [6.45, 7) is 0. The number of aliphatic hydroxyl groups excluding tert-OH is 1. The molecule has 0 atom stereocenters. The fraction of sp³-hybridized carbons (Fsp3) is 0.133. The van der Waals surface area contributed by atoms with Crippen LogP contribution in [0.1, 0.15) is 27.8 Å². The van der Waals surface area contributed by atoms with Crippen molar-refractivity contribution in [3.8, 4) is 0 Å². The second-order valence-electron chi connectivity index (χ2n) is 4.60. The molecule has 122 valence electrons. The van der Waals surface area contributed by atoms with Crippen LogP contribution in [-0.4, -0.2) is 16.1 Å². The van der Waals surface area contributed by atoms with Gasteiger partial charge in [0, 0.05) is 16.1 Å². The molecule has 2 aromatic rings. The van der Waals surface area contributed by atoms with Crippen LogP contribution in [0, 0.1) is 0 Å². The summed E-state index contributed by atoms with van der Waals surface area (Å²) in [5.74, 6) is -0.901. The van der Waals surface area contributed by atoms with Crippen LogP contribution in [0.4, 0.5) is 18.9 Å². The highest BCUT2D eigenvalue weighted by molar-refractivity contribution is 6.30. The van der Waals surface area contributed by atoms with Gasteiger partial charge in [0.2, 0.25) is 0 Å². The lowest BCUT2D eigenvalue weighted by Crippen LogP contribution is -2.18. The van der Waals surface area contributed by atoms with E-state index < -0.39 is 29.6 Å². The molecule has 0 aromatic heterocycles. The third-order valence-electron chi connectivity index (χ3n) is 3.02. The zero-order valence-corrected chi connectivity index (χ0v) is 12.2. The molecule has 0 aliphatic rings.